The maximum Gasteiger partial charge on any atom is 0.122 e. The standard InChI is InChI=1S/C16H16BrNO2/c17-13-5-3-8-18-16(13)14(19)10-11-7-9-20-15-6-2-1-4-12(11)15/h1-6,8,11,14,19H,7,9-10H2. The van der Waals surface area contributed by atoms with Gasteiger partial charge in [-0.15, -0.1) is 0 Å². The topological polar surface area (TPSA) is 42.4 Å². The summed E-state index contributed by atoms with van der Waals surface area (Å²) in [6.45, 7) is 0.706. The summed E-state index contributed by atoms with van der Waals surface area (Å²) >= 11 is 3.45. The minimum Gasteiger partial charge on any atom is -0.493 e. The van der Waals surface area contributed by atoms with Crippen LogP contribution in [0.2, 0.25) is 0 Å². The SMILES string of the molecule is OC(CC1CCOc2ccccc21)c1ncccc1Br. The van der Waals surface area contributed by atoms with E-state index in [4.69, 9.17) is 4.74 Å². The van der Waals surface area contributed by atoms with E-state index in [1.54, 1.807) is 6.20 Å². The second-order valence-corrected chi connectivity index (χ2v) is 5.85. The molecule has 2 unspecified atom stereocenters. The number of aliphatic hydroxyl groups excluding tert-OH is 1. The summed E-state index contributed by atoms with van der Waals surface area (Å²) in [6, 6.07) is 11.8. The third-order valence-corrected chi connectivity index (χ3v) is 4.36. The van der Waals surface area contributed by atoms with Gasteiger partial charge < -0.3 is 9.84 Å². The number of benzene rings is 1. The van der Waals surface area contributed by atoms with Gasteiger partial charge in [-0.1, -0.05) is 18.2 Å². The molecule has 3 rings (SSSR count). The van der Waals surface area contributed by atoms with Crippen molar-refractivity contribution in [3.05, 3.63) is 58.3 Å². The lowest BCUT2D eigenvalue weighted by atomic mass is 9.87. The highest BCUT2D eigenvalue weighted by Gasteiger charge is 2.25. The molecule has 0 fully saturated rings. The third-order valence-electron chi connectivity index (χ3n) is 3.69. The van der Waals surface area contributed by atoms with Crippen LogP contribution >= 0.6 is 15.9 Å². The van der Waals surface area contributed by atoms with Gasteiger partial charge in [-0.25, -0.2) is 0 Å². The predicted molar refractivity (Wildman–Crippen MR) is 80.8 cm³/mol. The molecular formula is C16H16BrNO2. The Morgan fingerprint density at radius 1 is 1.30 bits per heavy atom. The fraction of sp³-hybridized carbons (Fsp3) is 0.312. The zero-order chi connectivity index (χ0) is 13.9. The van der Waals surface area contributed by atoms with Crippen LogP contribution in [0.15, 0.2) is 47.1 Å². The molecule has 2 atom stereocenters. The minimum absolute atomic E-state index is 0.309. The van der Waals surface area contributed by atoms with E-state index in [1.165, 1.54) is 5.56 Å². The molecule has 3 nitrogen and oxygen atoms in total. The molecule has 20 heavy (non-hydrogen) atoms. The summed E-state index contributed by atoms with van der Waals surface area (Å²) in [5.74, 6) is 1.25. The van der Waals surface area contributed by atoms with Gasteiger partial charge in [-0.3, -0.25) is 4.98 Å². The molecule has 0 aliphatic carbocycles. The van der Waals surface area contributed by atoms with Crippen molar-refractivity contribution in [1.29, 1.82) is 0 Å². The van der Waals surface area contributed by atoms with Crippen molar-refractivity contribution in [1.82, 2.24) is 4.98 Å². The van der Waals surface area contributed by atoms with Gasteiger partial charge in [0, 0.05) is 10.7 Å². The molecule has 1 N–H and O–H groups in total. The van der Waals surface area contributed by atoms with Crippen molar-refractivity contribution in [2.75, 3.05) is 6.61 Å². The summed E-state index contributed by atoms with van der Waals surface area (Å²) in [6.07, 6.45) is 2.73. The van der Waals surface area contributed by atoms with E-state index >= 15 is 0 Å². The van der Waals surface area contributed by atoms with Gasteiger partial charge in [0.15, 0.2) is 0 Å². The fourth-order valence-corrected chi connectivity index (χ4v) is 3.20. The highest BCUT2D eigenvalue weighted by atomic mass is 79.9. The van der Waals surface area contributed by atoms with Gasteiger partial charge in [0.2, 0.25) is 0 Å². The Kier molecular flexibility index (Phi) is 4.03. The largest absolute Gasteiger partial charge is 0.493 e. The number of rotatable bonds is 3. The Morgan fingerprint density at radius 2 is 2.15 bits per heavy atom. The third kappa shape index (κ3) is 2.72. The van der Waals surface area contributed by atoms with Gasteiger partial charge in [0.1, 0.15) is 5.75 Å². The minimum atomic E-state index is -0.568. The second-order valence-electron chi connectivity index (χ2n) is 4.99. The average Bonchev–Trinajstić information content (AvgIpc) is 2.48. The average molecular weight is 334 g/mol. The highest BCUT2D eigenvalue weighted by molar-refractivity contribution is 9.10. The monoisotopic (exact) mass is 333 g/mol. The lowest BCUT2D eigenvalue weighted by molar-refractivity contribution is 0.140. The molecule has 1 aromatic heterocycles. The molecule has 1 aliphatic rings. The first-order valence-corrected chi connectivity index (χ1v) is 7.55. The fourth-order valence-electron chi connectivity index (χ4n) is 2.68. The number of hydrogen-bond acceptors (Lipinski definition) is 3. The van der Waals surface area contributed by atoms with E-state index in [2.05, 4.69) is 27.0 Å². The van der Waals surface area contributed by atoms with E-state index in [0.29, 0.717) is 24.6 Å². The first kappa shape index (κ1) is 13.6. The Morgan fingerprint density at radius 3 is 3.00 bits per heavy atom. The summed E-state index contributed by atoms with van der Waals surface area (Å²) in [5.41, 5.74) is 1.89. The first-order valence-electron chi connectivity index (χ1n) is 6.76. The van der Waals surface area contributed by atoms with Crippen LogP contribution in [0.5, 0.6) is 5.75 Å². The second kappa shape index (κ2) is 5.94. The lowest BCUT2D eigenvalue weighted by Gasteiger charge is -2.27. The molecule has 1 aromatic carbocycles. The number of halogens is 1. The summed E-state index contributed by atoms with van der Waals surface area (Å²) in [5, 5.41) is 10.4. The molecule has 0 saturated carbocycles. The van der Waals surface area contributed by atoms with Crippen LogP contribution in [0.1, 0.15) is 36.1 Å². The van der Waals surface area contributed by atoms with Crippen LogP contribution in [-0.4, -0.2) is 16.7 Å². The number of aliphatic hydroxyl groups is 1. The molecule has 0 amide bonds. The normalized spacial score (nSPS) is 19.0. The van der Waals surface area contributed by atoms with Crippen LogP contribution in [0.25, 0.3) is 0 Å². The number of aromatic nitrogens is 1. The molecular weight excluding hydrogens is 318 g/mol. The molecule has 4 heteroatoms. The van der Waals surface area contributed by atoms with Gasteiger partial charge in [0.25, 0.3) is 0 Å². The van der Waals surface area contributed by atoms with Crippen molar-refractivity contribution < 1.29 is 9.84 Å². The van der Waals surface area contributed by atoms with Crippen LogP contribution in [0, 0.1) is 0 Å². The highest BCUT2D eigenvalue weighted by Crippen LogP contribution is 2.39. The van der Waals surface area contributed by atoms with Crippen LogP contribution in [0.3, 0.4) is 0 Å². The number of nitrogens with zero attached hydrogens (tertiary/aromatic N) is 1. The van der Waals surface area contributed by atoms with Crippen molar-refractivity contribution >= 4 is 15.9 Å². The van der Waals surface area contributed by atoms with Crippen LogP contribution in [0.4, 0.5) is 0 Å². The molecule has 0 saturated heterocycles. The maximum absolute atomic E-state index is 10.4. The number of para-hydroxylation sites is 1. The van der Waals surface area contributed by atoms with Crippen molar-refractivity contribution in [2.45, 2.75) is 24.9 Å². The van der Waals surface area contributed by atoms with Gasteiger partial charge in [0.05, 0.1) is 18.4 Å². The molecule has 0 spiro atoms. The first-order chi connectivity index (χ1) is 9.75. The molecule has 2 heterocycles. The summed E-state index contributed by atoms with van der Waals surface area (Å²) < 4.78 is 6.51. The smallest absolute Gasteiger partial charge is 0.122 e. The quantitative estimate of drug-likeness (QED) is 0.928. The Balaban J connectivity index is 1.81. The zero-order valence-corrected chi connectivity index (χ0v) is 12.6. The Hall–Kier alpha value is -1.39. The van der Waals surface area contributed by atoms with Gasteiger partial charge in [-0.2, -0.15) is 0 Å². The number of fused-ring (bicyclic) bond motifs is 1. The number of pyridine rings is 1. The van der Waals surface area contributed by atoms with Crippen LogP contribution < -0.4 is 4.74 Å². The van der Waals surface area contributed by atoms with E-state index < -0.39 is 6.10 Å². The number of ether oxygens (including phenoxy) is 1. The molecule has 0 bridgehead atoms. The van der Waals surface area contributed by atoms with Crippen LogP contribution in [-0.2, 0) is 0 Å². The van der Waals surface area contributed by atoms with E-state index in [1.807, 2.05) is 30.3 Å². The van der Waals surface area contributed by atoms with E-state index in [0.717, 1.165) is 16.6 Å². The lowest BCUT2D eigenvalue weighted by Crippen LogP contribution is -2.17. The molecule has 2 aromatic rings. The van der Waals surface area contributed by atoms with Crippen molar-refractivity contribution in [3.8, 4) is 5.75 Å². The predicted octanol–water partition coefficient (Wildman–Crippen LogP) is 3.83. The molecule has 104 valence electrons. The molecule has 0 radical (unpaired) electrons. The van der Waals surface area contributed by atoms with E-state index in [9.17, 15) is 5.11 Å². The van der Waals surface area contributed by atoms with Gasteiger partial charge in [-0.05, 0) is 58.5 Å². The van der Waals surface area contributed by atoms with Crippen molar-refractivity contribution in [2.24, 2.45) is 0 Å². The molecule has 1 aliphatic heterocycles. The van der Waals surface area contributed by atoms with Gasteiger partial charge >= 0.3 is 0 Å². The zero-order valence-electron chi connectivity index (χ0n) is 11.0. The number of hydrogen-bond donors (Lipinski definition) is 1. The van der Waals surface area contributed by atoms with Crippen molar-refractivity contribution in [3.63, 3.8) is 0 Å². The summed E-state index contributed by atoms with van der Waals surface area (Å²) in [4.78, 5) is 4.27. The van der Waals surface area contributed by atoms with E-state index in [-0.39, 0.29) is 0 Å². The maximum atomic E-state index is 10.4. The Bertz CT molecular complexity index is 603. The summed E-state index contributed by atoms with van der Waals surface area (Å²) in [7, 11) is 0. The Labute approximate surface area is 126 Å².